The van der Waals surface area contributed by atoms with E-state index in [-0.39, 0.29) is 23.4 Å². The summed E-state index contributed by atoms with van der Waals surface area (Å²) in [6, 6.07) is 5.68. The molecule has 1 amide bonds. The monoisotopic (exact) mass is 344 g/mol. The van der Waals surface area contributed by atoms with Crippen LogP contribution < -0.4 is 5.32 Å². The Bertz CT molecular complexity index is 781. The highest BCUT2D eigenvalue weighted by atomic mass is 16.6. The largest absolute Gasteiger partial charge is 0.481 e. The van der Waals surface area contributed by atoms with Crippen LogP contribution in [-0.2, 0) is 9.59 Å². The number of allylic oxidation sites excluding steroid dienone is 2. The fourth-order valence-electron chi connectivity index (χ4n) is 4.53. The number of rotatable bonds is 4. The number of hydrogen-bond donors (Lipinski definition) is 2. The third-order valence-electron chi connectivity index (χ3n) is 5.33. The zero-order valence-corrected chi connectivity index (χ0v) is 14.1. The summed E-state index contributed by atoms with van der Waals surface area (Å²) in [4.78, 5) is 34.9. The number of nitro groups is 1. The molecule has 2 fully saturated rings. The highest BCUT2D eigenvalue weighted by molar-refractivity contribution is 5.97. The molecule has 0 unspecified atom stereocenters. The minimum atomic E-state index is -0.954. The molecule has 2 aliphatic carbocycles. The molecule has 2 aliphatic rings. The molecule has 2 saturated carbocycles. The van der Waals surface area contributed by atoms with Crippen molar-refractivity contribution in [3.63, 3.8) is 0 Å². The molecular formula is C18H20N2O5. The van der Waals surface area contributed by atoms with Gasteiger partial charge in [0, 0.05) is 17.8 Å². The van der Waals surface area contributed by atoms with E-state index in [2.05, 4.69) is 5.32 Å². The highest BCUT2D eigenvalue weighted by Crippen LogP contribution is 2.57. The number of carboxylic acids is 1. The number of anilines is 1. The number of amides is 1. The summed E-state index contributed by atoms with van der Waals surface area (Å²) < 4.78 is 0. The molecule has 2 N–H and O–H groups in total. The molecule has 0 aliphatic heterocycles. The first-order valence-corrected chi connectivity index (χ1v) is 8.26. The van der Waals surface area contributed by atoms with Gasteiger partial charge in [-0.25, -0.2) is 0 Å². The van der Waals surface area contributed by atoms with Crippen molar-refractivity contribution in [3.05, 3.63) is 45.5 Å². The molecule has 7 nitrogen and oxygen atoms in total. The predicted octanol–water partition coefficient (Wildman–Crippen LogP) is 3.23. The summed E-state index contributed by atoms with van der Waals surface area (Å²) in [7, 11) is 0. The van der Waals surface area contributed by atoms with Gasteiger partial charge >= 0.3 is 5.97 Å². The summed E-state index contributed by atoms with van der Waals surface area (Å²) in [5.74, 6) is -2.85. The van der Waals surface area contributed by atoms with Gasteiger partial charge in [0.1, 0.15) is 0 Å². The van der Waals surface area contributed by atoms with Gasteiger partial charge < -0.3 is 10.4 Å². The molecule has 3 rings (SSSR count). The van der Waals surface area contributed by atoms with Gasteiger partial charge in [-0.15, -0.1) is 0 Å². The Morgan fingerprint density at radius 2 is 1.84 bits per heavy atom. The molecule has 1 aromatic rings. The van der Waals surface area contributed by atoms with Crippen LogP contribution in [0.5, 0.6) is 0 Å². The van der Waals surface area contributed by atoms with Gasteiger partial charge in [-0.3, -0.25) is 19.7 Å². The van der Waals surface area contributed by atoms with E-state index in [4.69, 9.17) is 0 Å². The number of carbonyl (C=O) groups is 2. The van der Waals surface area contributed by atoms with E-state index in [1.165, 1.54) is 18.2 Å². The van der Waals surface area contributed by atoms with Crippen molar-refractivity contribution in [3.8, 4) is 0 Å². The third-order valence-corrected chi connectivity index (χ3v) is 5.33. The Morgan fingerprint density at radius 1 is 1.20 bits per heavy atom. The molecule has 4 atom stereocenters. The number of nitrogens with zero attached hydrogens (tertiary/aromatic N) is 1. The topological polar surface area (TPSA) is 110 Å². The van der Waals surface area contributed by atoms with Crippen LogP contribution in [0, 0.1) is 33.8 Å². The number of non-ortho nitro benzene ring substituents is 1. The van der Waals surface area contributed by atoms with Crippen LogP contribution in [-0.4, -0.2) is 21.9 Å². The molecule has 25 heavy (non-hydrogen) atoms. The summed E-state index contributed by atoms with van der Waals surface area (Å²) in [6.07, 6.45) is 1.60. The maximum absolute atomic E-state index is 12.8. The van der Waals surface area contributed by atoms with E-state index < -0.39 is 22.7 Å². The number of carbonyl (C=O) groups excluding carboxylic acids is 1. The molecular weight excluding hydrogens is 324 g/mol. The van der Waals surface area contributed by atoms with E-state index in [0.717, 1.165) is 24.0 Å². The number of carboxylic acid groups (broad SMARTS) is 1. The van der Waals surface area contributed by atoms with Crippen molar-refractivity contribution in [2.24, 2.45) is 23.7 Å². The number of nitro benzene ring substituents is 1. The van der Waals surface area contributed by atoms with Crippen LogP contribution in [0.2, 0.25) is 0 Å². The average molecular weight is 344 g/mol. The van der Waals surface area contributed by atoms with Crippen molar-refractivity contribution in [1.82, 2.24) is 0 Å². The maximum atomic E-state index is 12.8. The highest BCUT2D eigenvalue weighted by Gasteiger charge is 2.57. The van der Waals surface area contributed by atoms with E-state index in [1.807, 2.05) is 13.8 Å². The van der Waals surface area contributed by atoms with Gasteiger partial charge in [-0.2, -0.15) is 0 Å². The van der Waals surface area contributed by atoms with Crippen LogP contribution in [0.1, 0.15) is 26.7 Å². The first-order chi connectivity index (χ1) is 11.8. The molecule has 0 aromatic heterocycles. The Labute approximate surface area is 144 Å². The van der Waals surface area contributed by atoms with E-state index in [1.54, 1.807) is 6.07 Å². The molecule has 0 saturated heterocycles. The van der Waals surface area contributed by atoms with E-state index in [9.17, 15) is 24.8 Å². The molecule has 1 aromatic carbocycles. The molecule has 132 valence electrons. The second kappa shape index (κ2) is 6.31. The smallest absolute Gasteiger partial charge is 0.307 e. The number of nitrogens with one attached hydrogen (secondary N) is 1. The Morgan fingerprint density at radius 3 is 2.40 bits per heavy atom. The Balaban J connectivity index is 1.88. The summed E-state index contributed by atoms with van der Waals surface area (Å²) in [5.41, 5.74) is 2.38. The fraction of sp³-hybridized carbons (Fsp3) is 0.444. The van der Waals surface area contributed by atoms with Crippen molar-refractivity contribution in [1.29, 1.82) is 0 Å². The number of fused-ring (bicyclic) bond motifs is 2. The maximum Gasteiger partial charge on any atom is 0.307 e. The lowest BCUT2D eigenvalue weighted by Crippen LogP contribution is -2.37. The normalized spacial score (nSPS) is 27.2. The molecule has 2 bridgehead atoms. The first kappa shape index (κ1) is 17.1. The molecule has 0 radical (unpaired) electrons. The minimum Gasteiger partial charge on any atom is -0.481 e. The fourth-order valence-corrected chi connectivity index (χ4v) is 4.53. The third kappa shape index (κ3) is 2.90. The quantitative estimate of drug-likeness (QED) is 0.495. The van der Waals surface area contributed by atoms with Crippen LogP contribution in [0.25, 0.3) is 0 Å². The van der Waals surface area contributed by atoms with Crippen molar-refractivity contribution in [2.75, 3.05) is 5.32 Å². The first-order valence-electron chi connectivity index (χ1n) is 8.26. The zero-order chi connectivity index (χ0) is 18.3. The van der Waals surface area contributed by atoms with Crippen LogP contribution in [0.3, 0.4) is 0 Å². The van der Waals surface area contributed by atoms with E-state index in [0.29, 0.717) is 5.69 Å². The Hall–Kier alpha value is -2.70. The summed E-state index contributed by atoms with van der Waals surface area (Å²) in [6.45, 7) is 3.92. The number of hydrogen-bond acceptors (Lipinski definition) is 4. The van der Waals surface area contributed by atoms with Gasteiger partial charge in [0.05, 0.1) is 16.8 Å². The van der Waals surface area contributed by atoms with Crippen molar-refractivity contribution < 1.29 is 19.6 Å². The lowest BCUT2D eigenvalue weighted by atomic mass is 9.78. The van der Waals surface area contributed by atoms with Crippen molar-refractivity contribution >= 4 is 23.3 Å². The van der Waals surface area contributed by atoms with Crippen LogP contribution >= 0.6 is 0 Å². The van der Waals surface area contributed by atoms with Gasteiger partial charge in [0.25, 0.3) is 5.69 Å². The Kier molecular flexibility index (Phi) is 4.32. The second-order valence-electron chi connectivity index (χ2n) is 6.93. The SMILES string of the molecule is CC(C)=C1[C@@H]2CC[C@@H]1[C@@H](C(=O)Nc1cccc([N+](=O)[O-])c1)[C@@H]2C(=O)O. The summed E-state index contributed by atoms with van der Waals surface area (Å²) in [5, 5.41) is 23.2. The predicted molar refractivity (Wildman–Crippen MR) is 90.9 cm³/mol. The molecule has 0 spiro atoms. The molecule has 7 heteroatoms. The lowest BCUT2D eigenvalue weighted by Gasteiger charge is -2.26. The van der Waals surface area contributed by atoms with Gasteiger partial charge in [0.2, 0.25) is 5.91 Å². The van der Waals surface area contributed by atoms with Gasteiger partial charge in [0.15, 0.2) is 0 Å². The van der Waals surface area contributed by atoms with Crippen LogP contribution in [0.15, 0.2) is 35.4 Å². The summed E-state index contributed by atoms with van der Waals surface area (Å²) >= 11 is 0. The average Bonchev–Trinajstić information content (AvgIpc) is 3.11. The van der Waals surface area contributed by atoms with Gasteiger partial charge in [-0.1, -0.05) is 17.2 Å². The van der Waals surface area contributed by atoms with Crippen molar-refractivity contribution in [2.45, 2.75) is 26.7 Å². The lowest BCUT2D eigenvalue weighted by molar-refractivity contribution is -0.384. The number of aliphatic carboxylic acids is 1. The van der Waals surface area contributed by atoms with Crippen LogP contribution in [0.4, 0.5) is 11.4 Å². The number of benzene rings is 1. The van der Waals surface area contributed by atoms with E-state index >= 15 is 0 Å². The van der Waals surface area contributed by atoms with Gasteiger partial charge in [-0.05, 0) is 44.6 Å². The minimum absolute atomic E-state index is 0.0604. The standard InChI is InChI=1S/C18H20N2O5/c1-9(2)14-12-6-7-13(14)16(18(22)23)15(12)17(21)19-10-4-3-5-11(8-10)20(24)25/h3-5,8,12-13,15-16H,6-7H2,1-2H3,(H,19,21)(H,22,23)/t12-,13-,15+,16+/m0/s1. The zero-order valence-electron chi connectivity index (χ0n) is 14.1. The molecule has 0 heterocycles. The second-order valence-corrected chi connectivity index (χ2v) is 6.93.